The van der Waals surface area contributed by atoms with Crippen molar-refractivity contribution in [2.45, 2.75) is 44.6 Å². The number of hydrogen-bond acceptors (Lipinski definition) is 3. The van der Waals surface area contributed by atoms with Gasteiger partial charge in [0.15, 0.2) is 0 Å². The van der Waals surface area contributed by atoms with Crippen LogP contribution in [0.15, 0.2) is 47.4 Å². The zero-order valence-electron chi connectivity index (χ0n) is 16.1. The van der Waals surface area contributed by atoms with Crippen molar-refractivity contribution in [1.82, 2.24) is 4.72 Å². The Bertz CT molecular complexity index is 889. The van der Waals surface area contributed by atoms with Gasteiger partial charge in [0.25, 0.3) is 0 Å². The van der Waals surface area contributed by atoms with Crippen LogP contribution in [0.2, 0.25) is 0 Å². The van der Waals surface area contributed by atoms with Crippen molar-refractivity contribution in [1.29, 1.82) is 0 Å². The lowest BCUT2D eigenvalue weighted by molar-refractivity contribution is 0.438. The first-order chi connectivity index (χ1) is 12.8. The first kappa shape index (κ1) is 19.8. The van der Waals surface area contributed by atoms with E-state index in [2.05, 4.69) is 28.7 Å². The summed E-state index contributed by atoms with van der Waals surface area (Å²) in [6.45, 7) is 7.82. The van der Waals surface area contributed by atoms with Crippen LogP contribution in [0.1, 0.15) is 43.9 Å². The molecular weight excluding hydrogens is 363 g/mol. The van der Waals surface area contributed by atoms with E-state index < -0.39 is 15.8 Å². The molecule has 3 rings (SSSR count). The van der Waals surface area contributed by atoms with Crippen molar-refractivity contribution in [3.8, 4) is 0 Å². The van der Waals surface area contributed by atoms with E-state index in [1.165, 1.54) is 36.7 Å². The summed E-state index contributed by atoms with van der Waals surface area (Å²) in [4.78, 5) is 2.48. The minimum Gasteiger partial charge on any atom is -0.372 e. The van der Waals surface area contributed by atoms with Gasteiger partial charge in [-0.05, 0) is 74.1 Å². The molecule has 1 N–H and O–H groups in total. The van der Waals surface area contributed by atoms with Gasteiger partial charge in [-0.15, -0.1) is 0 Å². The van der Waals surface area contributed by atoms with E-state index in [9.17, 15) is 12.8 Å². The van der Waals surface area contributed by atoms with E-state index in [0.29, 0.717) is 5.56 Å². The van der Waals surface area contributed by atoms with E-state index in [1.54, 1.807) is 6.92 Å². The van der Waals surface area contributed by atoms with Crippen LogP contribution in [0.5, 0.6) is 0 Å². The van der Waals surface area contributed by atoms with Gasteiger partial charge in [-0.25, -0.2) is 17.5 Å². The number of halogens is 1. The lowest BCUT2D eigenvalue weighted by Crippen LogP contribution is -2.32. The van der Waals surface area contributed by atoms with Gasteiger partial charge in [0, 0.05) is 24.8 Å². The standard InChI is InChI=1S/C21H27FN2O2S/c1-15-10-12-24(13-11-15)20-7-4-18(5-8-20)17(3)23-27(25,26)21-9-6-19(22)14-16(21)2/h4-9,14-15,17,23H,10-13H2,1-3H3/t17-/m1/s1. The molecule has 2 aromatic rings. The zero-order chi connectivity index (χ0) is 19.6. The van der Waals surface area contributed by atoms with E-state index in [-0.39, 0.29) is 10.9 Å². The van der Waals surface area contributed by atoms with E-state index in [4.69, 9.17) is 0 Å². The minimum absolute atomic E-state index is 0.106. The molecular formula is C21H27FN2O2S. The monoisotopic (exact) mass is 390 g/mol. The van der Waals surface area contributed by atoms with Crippen molar-refractivity contribution in [2.75, 3.05) is 18.0 Å². The molecule has 0 aromatic heterocycles. The number of nitrogens with zero attached hydrogens (tertiary/aromatic N) is 1. The molecule has 1 fully saturated rings. The van der Waals surface area contributed by atoms with Gasteiger partial charge in [-0.3, -0.25) is 0 Å². The van der Waals surface area contributed by atoms with Gasteiger partial charge in [0.05, 0.1) is 4.90 Å². The third kappa shape index (κ3) is 4.68. The molecule has 0 amide bonds. The average Bonchev–Trinajstić information content (AvgIpc) is 2.62. The van der Waals surface area contributed by atoms with Crippen LogP contribution < -0.4 is 9.62 Å². The van der Waals surface area contributed by atoms with Crippen LogP contribution in [-0.4, -0.2) is 21.5 Å². The molecule has 0 bridgehead atoms. The van der Waals surface area contributed by atoms with Gasteiger partial charge < -0.3 is 4.90 Å². The highest BCUT2D eigenvalue weighted by molar-refractivity contribution is 7.89. The molecule has 27 heavy (non-hydrogen) atoms. The summed E-state index contributed by atoms with van der Waals surface area (Å²) in [6.07, 6.45) is 2.41. The van der Waals surface area contributed by atoms with Crippen LogP contribution in [0.4, 0.5) is 10.1 Å². The largest absolute Gasteiger partial charge is 0.372 e. The van der Waals surface area contributed by atoms with E-state index in [0.717, 1.165) is 24.6 Å². The highest BCUT2D eigenvalue weighted by Crippen LogP contribution is 2.25. The lowest BCUT2D eigenvalue weighted by atomic mass is 9.98. The third-order valence-corrected chi connectivity index (χ3v) is 7.00. The quantitative estimate of drug-likeness (QED) is 0.823. The summed E-state index contributed by atoms with van der Waals surface area (Å²) in [5.74, 6) is 0.340. The lowest BCUT2D eigenvalue weighted by Gasteiger charge is -2.32. The third-order valence-electron chi connectivity index (χ3n) is 5.30. The molecule has 1 aliphatic heterocycles. The maximum absolute atomic E-state index is 13.3. The molecule has 1 heterocycles. The normalized spacial score (nSPS) is 17.1. The van der Waals surface area contributed by atoms with Gasteiger partial charge in [-0.2, -0.15) is 0 Å². The molecule has 0 radical (unpaired) electrons. The number of anilines is 1. The van der Waals surface area contributed by atoms with Crippen molar-refractivity contribution in [3.05, 3.63) is 59.4 Å². The zero-order valence-corrected chi connectivity index (χ0v) is 16.9. The summed E-state index contributed by atoms with van der Waals surface area (Å²) >= 11 is 0. The highest BCUT2D eigenvalue weighted by Gasteiger charge is 2.21. The van der Waals surface area contributed by atoms with Crippen LogP contribution in [0, 0.1) is 18.7 Å². The summed E-state index contributed by atoms with van der Waals surface area (Å²) in [5.41, 5.74) is 2.46. The minimum atomic E-state index is -3.72. The molecule has 1 aliphatic rings. The fourth-order valence-electron chi connectivity index (χ4n) is 3.52. The topological polar surface area (TPSA) is 49.4 Å². The second kappa shape index (κ2) is 7.98. The predicted molar refractivity (Wildman–Crippen MR) is 107 cm³/mol. The Kier molecular flexibility index (Phi) is 5.86. The predicted octanol–water partition coefficient (Wildman–Crippen LogP) is 4.41. The van der Waals surface area contributed by atoms with Gasteiger partial charge in [0.1, 0.15) is 5.82 Å². The molecule has 146 valence electrons. The Morgan fingerprint density at radius 3 is 2.33 bits per heavy atom. The Balaban J connectivity index is 1.71. The molecule has 0 aliphatic carbocycles. The number of hydrogen-bond donors (Lipinski definition) is 1. The molecule has 0 unspecified atom stereocenters. The maximum atomic E-state index is 13.3. The van der Waals surface area contributed by atoms with Crippen LogP contribution in [0.3, 0.4) is 0 Å². The Hall–Kier alpha value is -1.92. The molecule has 0 spiro atoms. The number of nitrogens with one attached hydrogen (secondary N) is 1. The van der Waals surface area contributed by atoms with Gasteiger partial charge in [-0.1, -0.05) is 19.1 Å². The van der Waals surface area contributed by atoms with Gasteiger partial charge in [0.2, 0.25) is 10.0 Å². The average molecular weight is 391 g/mol. The fourth-order valence-corrected chi connectivity index (χ4v) is 4.98. The Morgan fingerprint density at radius 1 is 1.11 bits per heavy atom. The molecule has 1 atom stereocenters. The second-order valence-electron chi connectivity index (χ2n) is 7.51. The first-order valence-electron chi connectivity index (χ1n) is 9.39. The van der Waals surface area contributed by atoms with Crippen molar-refractivity contribution in [2.24, 2.45) is 5.92 Å². The number of sulfonamides is 1. The second-order valence-corrected chi connectivity index (χ2v) is 9.20. The SMILES string of the molecule is Cc1cc(F)ccc1S(=O)(=O)N[C@H](C)c1ccc(N2CCC(C)CC2)cc1. The number of rotatable bonds is 5. The van der Waals surface area contributed by atoms with E-state index in [1.807, 2.05) is 19.1 Å². The van der Waals surface area contributed by atoms with Gasteiger partial charge >= 0.3 is 0 Å². The molecule has 1 saturated heterocycles. The van der Waals surface area contributed by atoms with Crippen molar-refractivity contribution in [3.63, 3.8) is 0 Å². The number of piperidine rings is 1. The summed E-state index contributed by atoms with van der Waals surface area (Å²) in [6, 6.07) is 11.4. The highest BCUT2D eigenvalue weighted by atomic mass is 32.2. The van der Waals surface area contributed by atoms with E-state index >= 15 is 0 Å². The number of benzene rings is 2. The molecule has 2 aromatic carbocycles. The molecule has 0 saturated carbocycles. The van der Waals surface area contributed by atoms with Crippen molar-refractivity contribution >= 4 is 15.7 Å². The number of aryl methyl sites for hydroxylation is 1. The Morgan fingerprint density at radius 2 is 1.74 bits per heavy atom. The fraction of sp³-hybridized carbons (Fsp3) is 0.429. The summed E-state index contributed by atoms with van der Waals surface area (Å²) in [5, 5.41) is 0. The summed E-state index contributed by atoms with van der Waals surface area (Å²) in [7, 11) is -3.72. The van der Waals surface area contributed by atoms with Crippen LogP contribution >= 0.6 is 0 Å². The smallest absolute Gasteiger partial charge is 0.241 e. The Labute approximate surface area is 161 Å². The maximum Gasteiger partial charge on any atom is 0.241 e. The van der Waals surface area contributed by atoms with Crippen LogP contribution in [0.25, 0.3) is 0 Å². The van der Waals surface area contributed by atoms with Crippen LogP contribution in [-0.2, 0) is 10.0 Å². The molecule has 4 nitrogen and oxygen atoms in total. The van der Waals surface area contributed by atoms with Crippen molar-refractivity contribution < 1.29 is 12.8 Å². The molecule has 6 heteroatoms. The summed E-state index contributed by atoms with van der Waals surface area (Å²) < 4.78 is 41.2. The first-order valence-corrected chi connectivity index (χ1v) is 10.9.